The molecule has 3 rings (SSSR count). The van der Waals surface area contributed by atoms with Gasteiger partial charge < -0.3 is 16.0 Å². The van der Waals surface area contributed by atoms with Gasteiger partial charge in [-0.2, -0.15) is 5.26 Å². The molecule has 2 amide bonds. The maximum absolute atomic E-state index is 13.0. The van der Waals surface area contributed by atoms with Crippen molar-refractivity contribution < 1.29 is 9.59 Å². The molecule has 0 bridgehead atoms. The Morgan fingerprint density at radius 1 is 1.38 bits per heavy atom. The lowest BCUT2D eigenvalue weighted by atomic mass is 10.0. The molecule has 0 unspecified atom stereocenters. The molecule has 10 nitrogen and oxygen atoms in total. The summed E-state index contributed by atoms with van der Waals surface area (Å²) >= 11 is 0. The molecule has 1 aliphatic rings. The second kappa shape index (κ2) is 11.0. The van der Waals surface area contributed by atoms with Crippen LogP contribution in [-0.2, 0) is 13.0 Å². The van der Waals surface area contributed by atoms with E-state index < -0.39 is 6.03 Å². The zero-order chi connectivity index (χ0) is 22.9. The number of aldehydes is 1. The van der Waals surface area contributed by atoms with Crippen LogP contribution in [0.25, 0.3) is 0 Å². The van der Waals surface area contributed by atoms with Crippen LogP contribution in [0, 0.1) is 11.3 Å². The summed E-state index contributed by atoms with van der Waals surface area (Å²) in [6.07, 6.45) is 5.09. The third-order valence-corrected chi connectivity index (χ3v) is 5.02. The van der Waals surface area contributed by atoms with E-state index in [-0.39, 0.29) is 5.82 Å². The number of likely N-dealkylation sites (N-methyl/N-ethyl adjacent to an activating group) is 1. The van der Waals surface area contributed by atoms with Gasteiger partial charge in [-0.15, -0.1) is 0 Å². The largest absolute Gasteiger partial charge is 0.361 e. The fraction of sp³-hybridized carbons (Fsp3) is 0.318. The first-order valence-electron chi connectivity index (χ1n) is 10.3. The zero-order valence-corrected chi connectivity index (χ0v) is 17.9. The number of hydrogen-bond donors (Lipinski definition) is 4. The second-order valence-corrected chi connectivity index (χ2v) is 7.17. The molecule has 1 aliphatic heterocycles. The molecule has 0 fully saturated rings. The van der Waals surface area contributed by atoms with Crippen molar-refractivity contribution in [3.63, 3.8) is 0 Å². The van der Waals surface area contributed by atoms with Gasteiger partial charge in [-0.05, 0) is 43.3 Å². The van der Waals surface area contributed by atoms with Gasteiger partial charge in [0.1, 0.15) is 23.4 Å². The number of hydrogen-bond acceptors (Lipinski definition) is 8. The number of nitriles is 1. The molecule has 0 atom stereocenters. The number of anilines is 3. The van der Waals surface area contributed by atoms with Gasteiger partial charge in [-0.3, -0.25) is 15.0 Å². The lowest BCUT2D eigenvalue weighted by Crippen LogP contribution is -2.40. The van der Waals surface area contributed by atoms with Gasteiger partial charge in [-0.25, -0.2) is 14.8 Å². The number of pyridine rings is 2. The number of fused-ring (bicyclic) bond motifs is 1. The van der Waals surface area contributed by atoms with Crippen molar-refractivity contribution in [1.82, 2.24) is 20.6 Å². The first-order chi connectivity index (χ1) is 15.6. The third kappa shape index (κ3) is 5.26. The molecule has 4 N–H and O–H groups in total. The fourth-order valence-corrected chi connectivity index (χ4v) is 3.45. The summed E-state index contributed by atoms with van der Waals surface area (Å²) in [5.41, 5.74) is 2.87. The van der Waals surface area contributed by atoms with Gasteiger partial charge in [0.05, 0.1) is 11.3 Å². The van der Waals surface area contributed by atoms with E-state index in [2.05, 4.69) is 37.8 Å². The second-order valence-electron chi connectivity index (χ2n) is 7.17. The van der Waals surface area contributed by atoms with Gasteiger partial charge in [-0.1, -0.05) is 6.58 Å². The van der Waals surface area contributed by atoms with Crippen molar-refractivity contribution in [2.75, 3.05) is 42.2 Å². The fourth-order valence-electron chi connectivity index (χ4n) is 3.45. The highest BCUT2D eigenvalue weighted by atomic mass is 16.2. The summed E-state index contributed by atoms with van der Waals surface area (Å²) in [5.74, 6) is 0.763. The number of nitrogens with one attached hydrogen (secondary N) is 4. The van der Waals surface area contributed by atoms with Gasteiger partial charge in [0.15, 0.2) is 6.29 Å². The number of aryl methyl sites for hydroxylation is 1. The van der Waals surface area contributed by atoms with Crippen LogP contribution in [0.2, 0.25) is 0 Å². The molecule has 2 aromatic heterocycles. The summed E-state index contributed by atoms with van der Waals surface area (Å²) in [4.78, 5) is 34.8. The molecule has 0 aliphatic carbocycles. The topological polar surface area (TPSA) is 135 Å². The van der Waals surface area contributed by atoms with Crippen LogP contribution in [0.5, 0.6) is 0 Å². The monoisotopic (exact) mass is 434 g/mol. The van der Waals surface area contributed by atoms with Crippen LogP contribution in [0.15, 0.2) is 31.1 Å². The summed E-state index contributed by atoms with van der Waals surface area (Å²) in [7, 11) is 1.88. The Labute approximate surface area is 186 Å². The molecule has 10 heteroatoms. The summed E-state index contributed by atoms with van der Waals surface area (Å²) < 4.78 is 0. The Bertz CT molecular complexity index is 1050. The summed E-state index contributed by atoms with van der Waals surface area (Å²) in [6.45, 7) is 6.17. The molecular weight excluding hydrogens is 408 g/mol. The molecule has 0 saturated heterocycles. The minimum Gasteiger partial charge on any atom is -0.361 e. The number of rotatable bonds is 9. The Hall–Kier alpha value is -3.81. The van der Waals surface area contributed by atoms with Crippen molar-refractivity contribution in [2.45, 2.75) is 19.4 Å². The predicted octanol–water partition coefficient (Wildman–Crippen LogP) is 2.01. The van der Waals surface area contributed by atoms with Crippen molar-refractivity contribution >= 4 is 29.6 Å². The number of aromatic nitrogens is 2. The van der Waals surface area contributed by atoms with Crippen LogP contribution in [0.3, 0.4) is 0 Å². The first kappa shape index (κ1) is 22.9. The minimum atomic E-state index is -0.406. The Morgan fingerprint density at radius 2 is 2.22 bits per heavy atom. The molecule has 0 saturated carbocycles. The summed E-state index contributed by atoms with van der Waals surface area (Å²) in [6, 6.07) is 5.13. The lowest BCUT2D eigenvalue weighted by molar-refractivity contribution is 0.111. The van der Waals surface area contributed by atoms with Gasteiger partial charge in [0.2, 0.25) is 0 Å². The SMILES string of the molecule is C=CNc1cc(NC(=O)N2CCCc3cc(CNCCNC)c(C=O)nc32)ncc1C#N. The summed E-state index contributed by atoms with van der Waals surface area (Å²) in [5, 5.41) is 21.1. The molecule has 0 spiro atoms. The molecule has 0 radical (unpaired) electrons. The van der Waals surface area contributed by atoms with Crippen molar-refractivity contribution in [3.8, 4) is 6.07 Å². The lowest BCUT2D eigenvalue weighted by Gasteiger charge is -2.29. The van der Waals surface area contributed by atoms with Crippen LogP contribution in [-0.4, -0.2) is 49.0 Å². The van der Waals surface area contributed by atoms with Gasteiger partial charge in [0.25, 0.3) is 0 Å². The Kier molecular flexibility index (Phi) is 7.85. The highest BCUT2D eigenvalue weighted by molar-refractivity contribution is 6.01. The molecule has 3 heterocycles. The smallest absolute Gasteiger partial charge is 0.328 e. The van der Waals surface area contributed by atoms with Gasteiger partial charge in [0, 0.05) is 38.4 Å². The average molecular weight is 435 g/mol. The van der Waals surface area contributed by atoms with Gasteiger partial charge >= 0.3 is 6.03 Å². The van der Waals surface area contributed by atoms with E-state index in [9.17, 15) is 14.9 Å². The number of carbonyl (C=O) groups is 2. The number of nitrogens with zero attached hydrogens (tertiary/aromatic N) is 4. The number of amides is 2. The van der Waals surface area contributed by atoms with Crippen molar-refractivity contribution in [1.29, 1.82) is 5.26 Å². The van der Waals surface area contributed by atoms with Crippen molar-refractivity contribution in [2.24, 2.45) is 0 Å². The van der Waals surface area contributed by atoms with Crippen molar-refractivity contribution in [3.05, 3.63) is 53.5 Å². The standard InChI is InChI=1S/C22H26N8O2/c1-3-26-18-10-20(27-13-17(18)11-23)29-22(32)30-8-4-5-15-9-16(12-25-7-6-24-2)19(14-31)28-21(15)30/h3,9-10,13-14,24-25H,1,4-8,12H2,2H3,(H2,26,27,29,32). The quantitative estimate of drug-likeness (QED) is 0.348. The minimum absolute atomic E-state index is 0.284. The highest BCUT2D eigenvalue weighted by Crippen LogP contribution is 2.28. The maximum atomic E-state index is 13.0. The van der Waals surface area contributed by atoms with E-state index >= 15 is 0 Å². The molecular formula is C22H26N8O2. The van der Waals surface area contributed by atoms with E-state index in [4.69, 9.17) is 0 Å². The van der Waals surface area contributed by atoms with E-state index in [0.29, 0.717) is 35.9 Å². The highest BCUT2D eigenvalue weighted by Gasteiger charge is 2.26. The van der Waals surface area contributed by atoms with E-state index in [1.54, 1.807) is 6.07 Å². The van der Waals surface area contributed by atoms with Crippen LogP contribution >= 0.6 is 0 Å². The van der Waals surface area contributed by atoms with Crippen LogP contribution < -0.4 is 26.2 Å². The third-order valence-electron chi connectivity index (χ3n) is 5.02. The van der Waals surface area contributed by atoms with E-state index in [1.807, 2.05) is 19.2 Å². The zero-order valence-electron chi connectivity index (χ0n) is 17.9. The van der Waals surface area contributed by atoms with Crippen LogP contribution in [0.1, 0.15) is 33.6 Å². The Balaban J connectivity index is 1.81. The average Bonchev–Trinajstić information content (AvgIpc) is 2.81. The molecule has 166 valence electrons. The van der Waals surface area contributed by atoms with Crippen LogP contribution in [0.4, 0.5) is 22.1 Å². The first-order valence-corrected chi connectivity index (χ1v) is 10.3. The predicted molar refractivity (Wildman–Crippen MR) is 123 cm³/mol. The molecule has 2 aromatic rings. The van der Waals surface area contributed by atoms with E-state index in [1.165, 1.54) is 17.3 Å². The number of carbonyl (C=O) groups excluding carboxylic acids is 2. The molecule has 0 aromatic carbocycles. The number of urea groups is 1. The van der Waals surface area contributed by atoms with E-state index in [0.717, 1.165) is 43.3 Å². The Morgan fingerprint density at radius 3 is 2.94 bits per heavy atom. The normalized spacial score (nSPS) is 12.4. The maximum Gasteiger partial charge on any atom is 0.328 e. The molecule has 32 heavy (non-hydrogen) atoms.